The molecule has 0 aliphatic rings. The van der Waals surface area contributed by atoms with E-state index in [9.17, 15) is 9.59 Å². The topological polar surface area (TPSA) is 93.2 Å². The lowest BCUT2D eigenvalue weighted by molar-refractivity contribution is 0.0841. The molecule has 21 heavy (non-hydrogen) atoms. The van der Waals surface area contributed by atoms with Crippen molar-refractivity contribution in [3.05, 3.63) is 59.7 Å². The van der Waals surface area contributed by atoms with Crippen LogP contribution in [0.3, 0.4) is 0 Å². The minimum absolute atomic E-state index is 0.114. The molecular weight excluding hydrogens is 272 g/mol. The second-order valence-electron chi connectivity index (χ2n) is 4.09. The fourth-order valence-corrected chi connectivity index (χ4v) is 1.68. The fraction of sp³-hybridized carbons (Fsp3) is 0.143. The molecule has 7 nitrogen and oxygen atoms in total. The van der Waals surface area contributed by atoms with Gasteiger partial charge >= 0.3 is 0 Å². The summed E-state index contributed by atoms with van der Waals surface area (Å²) in [6, 6.07) is 6.98. The third kappa shape index (κ3) is 3.83. The van der Waals surface area contributed by atoms with Gasteiger partial charge in [-0.15, -0.1) is 0 Å². The van der Waals surface area contributed by atoms with Gasteiger partial charge in [-0.25, -0.2) is 4.98 Å². The maximum Gasteiger partial charge on any atom is 0.289 e. The molecular formula is C14H14N4O3. The van der Waals surface area contributed by atoms with Gasteiger partial charge in [-0.05, 0) is 11.6 Å². The molecule has 0 aliphatic heterocycles. The highest BCUT2D eigenvalue weighted by Crippen LogP contribution is 2.09. The van der Waals surface area contributed by atoms with Crippen LogP contribution in [0.2, 0.25) is 0 Å². The molecule has 7 heteroatoms. The number of nitrogens with one attached hydrogen (secondary N) is 2. The first-order valence-electron chi connectivity index (χ1n) is 6.16. The summed E-state index contributed by atoms with van der Waals surface area (Å²) in [5.74, 6) is -0.972. The Morgan fingerprint density at radius 3 is 2.62 bits per heavy atom. The van der Waals surface area contributed by atoms with Gasteiger partial charge in [-0.1, -0.05) is 18.2 Å². The number of nitrogens with zero attached hydrogens (tertiary/aromatic N) is 2. The number of carbonyl (C=O) groups excluding carboxylic acids is 2. The highest BCUT2D eigenvalue weighted by Gasteiger charge is 2.12. The molecule has 1 aromatic heterocycles. The van der Waals surface area contributed by atoms with Gasteiger partial charge in [0, 0.05) is 25.1 Å². The predicted octanol–water partition coefficient (Wildman–Crippen LogP) is 0.698. The third-order valence-electron chi connectivity index (χ3n) is 2.65. The lowest BCUT2D eigenvalue weighted by Gasteiger charge is -2.10. The summed E-state index contributed by atoms with van der Waals surface area (Å²) in [6.45, 7) is 0.307. The number of ether oxygens (including phenoxy) is 1. The minimum atomic E-state index is -0.541. The number of amides is 2. The van der Waals surface area contributed by atoms with Crippen molar-refractivity contribution in [1.29, 1.82) is 0 Å². The number of rotatable bonds is 4. The van der Waals surface area contributed by atoms with Crippen LogP contribution >= 0.6 is 0 Å². The molecule has 0 saturated carbocycles. The van der Waals surface area contributed by atoms with Gasteiger partial charge in [-0.2, -0.15) is 0 Å². The van der Waals surface area contributed by atoms with E-state index in [1.165, 1.54) is 18.6 Å². The zero-order valence-corrected chi connectivity index (χ0v) is 11.4. The van der Waals surface area contributed by atoms with Crippen molar-refractivity contribution < 1.29 is 14.3 Å². The average molecular weight is 286 g/mol. The Morgan fingerprint density at radius 2 is 1.90 bits per heavy atom. The molecule has 2 N–H and O–H groups in total. The van der Waals surface area contributed by atoms with Gasteiger partial charge in [0.15, 0.2) is 0 Å². The first kappa shape index (κ1) is 14.6. The van der Waals surface area contributed by atoms with Crippen LogP contribution in [0.1, 0.15) is 26.4 Å². The summed E-state index contributed by atoms with van der Waals surface area (Å²) < 4.78 is 5.03. The minimum Gasteiger partial charge on any atom is -0.380 e. The number of hydrogen-bond donors (Lipinski definition) is 2. The first-order chi connectivity index (χ1) is 10.2. The molecule has 0 radical (unpaired) electrons. The van der Waals surface area contributed by atoms with E-state index in [2.05, 4.69) is 20.8 Å². The number of hydrogen-bond acceptors (Lipinski definition) is 5. The number of methoxy groups -OCH3 is 1. The van der Waals surface area contributed by atoms with Crippen LogP contribution in [0, 0.1) is 0 Å². The van der Waals surface area contributed by atoms with Gasteiger partial charge in [0.25, 0.3) is 11.8 Å². The Kier molecular flexibility index (Phi) is 4.94. The van der Waals surface area contributed by atoms with Crippen LogP contribution in [-0.4, -0.2) is 28.9 Å². The molecule has 0 fully saturated rings. The van der Waals surface area contributed by atoms with E-state index >= 15 is 0 Å². The van der Waals surface area contributed by atoms with Crippen LogP contribution < -0.4 is 10.9 Å². The largest absolute Gasteiger partial charge is 0.380 e. The molecule has 0 unspecified atom stereocenters. The van der Waals surface area contributed by atoms with Crippen molar-refractivity contribution in [1.82, 2.24) is 20.8 Å². The van der Waals surface area contributed by atoms with Crippen molar-refractivity contribution in [3.63, 3.8) is 0 Å². The summed E-state index contributed by atoms with van der Waals surface area (Å²) in [7, 11) is 1.55. The fourth-order valence-electron chi connectivity index (χ4n) is 1.68. The highest BCUT2D eigenvalue weighted by atomic mass is 16.5. The van der Waals surface area contributed by atoms with Crippen molar-refractivity contribution in [2.45, 2.75) is 6.61 Å². The molecule has 2 amide bonds. The summed E-state index contributed by atoms with van der Waals surface area (Å²) in [4.78, 5) is 31.4. The summed E-state index contributed by atoms with van der Waals surface area (Å²) >= 11 is 0. The number of carbonyl (C=O) groups is 2. The molecule has 0 spiro atoms. The van der Waals surface area contributed by atoms with E-state index in [0.29, 0.717) is 12.2 Å². The predicted molar refractivity (Wildman–Crippen MR) is 74.1 cm³/mol. The standard InChI is InChI=1S/C14H14N4O3/c1-21-9-10-4-2-3-5-11(10)13(19)17-18-14(20)12-8-15-6-7-16-12/h2-8H,9H2,1H3,(H,17,19)(H,18,20). The third-order valence-corrected chi connectivity index (χ3v) is 2.65. The maximum absolute atomic E-state index is 12.1. The highest BCUT2D eigenvalue weighted by molar-refractivity contribution is 5.98. The van der Waals surface area contributed by atoms with Crippen LogP contribution in [0.5, 0.6) is 0 Å². The lowest BCUT2D eigenvalue weighted by atomic mass is 10.1. The first-order valence-corrected chi connectivity index (χ1v) is 6.16. The summed E-state index contributed by atoms with van der Waals surface area (Å²) in [5, 5.41) is 0. The molecule has 2 aromatic rings. The molecule has 1 heterocycles. The summed E-state index contributed by atoms with van der Waals surface area (Å²) in [5.41, 5.74) is 5.89. The van der Waals surface area contributed by atoms with E-state index in [4.69, 9.17) is 4.74 Å². The number of aromatic nitrogens is 2. The lowest BCUT2D eigenvalue weighted by Crippen LogP contribution is -2.42. The van der Waals surface area contributed by atoms with Gasteiger partial charge < -0.3 is 4.74 Å². The molecule has 108 valence electrons. The zero-order valence-electron chi connectivity index (χ0n) is 11.4. The van der Waals surface area contributed by atoms with Crippen LogP contribution in [0.25, 0.3) is 0 Å². The molecule has 0 bridgehead atoms. The average Bonchev–Trinajstić information content (AvgIpc) is 2.54. The zero-order chi connectivity index (χ0) is 15.1. The van der Waals surface area contributed by atoms with Crippen LogP contribution in [0.15, 0.2) is 42.9 Å². The second kappa shape index (κ2) is 7.11. The Bertz CT molecular complexity index is 631. The SMILES string of the molecule is COCc1ccccc1C(=O)NNC(=O)c1cnccn1. The van der Waals surface area contributed by atoms with Gasteiger partial charge in [0.1, 0.15) is 5.69 Å². The molecule has 1 aromatic carbocycles. The number of hydrazine groups is 1. The second-order valence-corrected chi connectivity index (χ2v) is 4.09. The van der Waals surface area contributed by atoms with Crippen molar-refractivity contribution >= 4 is 11.8 Å². The Hall–Kier alpha value is -2.80. The van der Waals surface area contributed by atoms with Crippen molar-refractivity contribution in [2.24, 2.45) is 0 Å². The van der Waals surface area contributed by atoms with Gasteiger partial charge in [0.2, 0.25) is 0 Å². The quantitative estimate of drug-likeness (QED) is 0.807. The van der Waals surface area contributed by atoms with E-state index in [0.717, 1.165) is 5.56 Å². The monoisotopic (exact) mass is 286 g/mol. The van der Waals surface area contributed by atoms with Crippen molar-refractivity contribution in [3.8, 4) is 0 Å². The smallest absolute Gasteiger partial charge is 0.289 e. The van der Waals surface area contributed by atoms with Crippen molar-refractivity contribution in [2.75, 3.05) is 7.11 Å². The van der Waals surface area contributed by atoms with E-state index in [1.807, 2.05) is 6.07 Å². The Morgan fingerprint density at radius 1 is 1.14 bits per heavy atom. The normalized spacial score (nSPS) is 9.95. The molecule has 0 atom stereocenters. The van der Waals surface area contributed by atoms with Crippen LogP contribution in [0.4, 0.5) is 0 Å². The van der Waals surface area contributed by atoms with Gasteiger partial charge in [0.05, 0.1) is 12.8 Å². The van der Waals surface area contributed by atoms with E-state index in [-0.39, 0.29) is 5.69 Å². The maximum atomic E-state index is 12.1. The van der Waals surface area contributed by atoms with E-state index in [1.54, 1.807) is 25.3 Å². The van der Waals surface area contributed by atoms with Crippen LogP contribution in [-0.2, 0) is 11.3 Å². The Balaban J connectivity index is 2.01. The molecule has 0 aliphatic carbocycles. The molecule has 2 rings (SSSR count). The van der Waals surface area contributed by atoms with Gasteiger partial charge in [-0.3, -0.25) is 25.4 Å². The van der Waals surface area contributed by atoms with E-state index < -0.39 is 11.8 Å². The number of benzene rings is 1. The molecule has 0 saturated heterocycles. The Labute approximate surface area is 121 Å². The summed E-state index contributed by atoms with van der Waals surface area (Å²) in [6.07, 6.45) is 4.15.